The van der Waals surface area contributed by atoms with Crippen LogP contribution in [0, 0.1) is 6.92 Å². The summed E-state index contributed by atoms with van der Waals surface area (Å²) >= 11 is 0. The lowest BCUT2D eigenvalue weighted by atomic mass is 10.1. The van der Waals surface area contributed by atoms with Gasteiger partial charge in [-0.05, 0) is 38.8 Å². The fraction of sp³-hybridized carbons (Fsp3) is 0.316. The number of H-pyrrole nitrogens is 1. The van der Waals surface area contributed by atoms with Gasteiger partial charge in [0, 0.05) is 17.5 Å². The van der Waals surface area contributed by atoms with Crippen molar-refractivity contribution < 1.29 is 14.3 Å². The van der Waals surface area contributed by atoms with E-state index < -0.39 is 5.97 Å². The Bertz CT molecular complexity index is 960. The molecule has 0 radical (unpaired) electrons. The molecule has 0 unspecified atom stereocenters. The number of hydrogen-bond acceptors (Lipinski definition) is 5. The van der Waals surface area contributed by atoms with Gasteiger partial charge < -0.3 is 9.47 Å². The summed E-state index contributed by atoms with van der Waals surface area (Å²) in [4.78, 5) is 29.1. The van der Waals surface area contributed by atoms with E-state index in [2.05, 4.69) is 10.1 Å². The van der Waals surface area contributed by atoms with Gasteiger partial charge in [0.15, 0.2) is 5.65 Å². The number of aromatic nitrogens is 3. The number of ether oxygens (including phenoxy) is 2. The number of hydrogen-bond donors (Lipinski definition) is 1. The van der Waals surface area contributed by atoms with E-state index in [1.54, 1.807) is 13.8 Å². The summed E-state index contributed by atoms with van der Waals surface area (Å²) in [5, 5.41) is 2.79. The molecule has 1 aromatic carbocycles. The van der Waals surface area contributed by atoms with E-state index in [9.17, 15) is 9.59 Å². The average molecular weight is 355 g/mol. The minimum Gasteiger partial charge on any atom is -0.494 e. The smallest absolute Gasteiger partial charge is 0.343 e. The van der Waals surface area contributed by atoms with Gasteiger partial charge in [-0.2, -0.15) is 0 Å². The van der Waals surface area contributed by atoms with E-state index in [0.29, 0.717) is 30.7 Å². The Kier molecular flexibility index (Phi) is 5.36. The fourth-order valence-electron chi connectivity index (χ4n) is 2.76. The summed E-state index contributed by atoms with van der Waals surface area (Å²) in [6, 6.07) is 9.54. The van der Waals surface area contributed by atoms with Gasteiger partial charge in [-0.1, -0.05) is 18.2 Å². The van der Waals surface area contributed by atoms with Crippen LogP contribution in [-0.4, -0.2) is 33.8 Å². The van der Waals surface area contributed by atoms with Crippen molar-refractivity contribution in [2.45, 2.75) is 26.7 Å². The van der Waals surface area contributed by atoms with Gasteiger partial charge in [0.05, 0.1) is 13.2 Å². The lowest BCUT2D eigenvalue weighted by Crippen LogP contribution is -2.22. The molecule has 0 bridgehead atoms. The molecule has 0 spiro atoms. The van der Waals surface area contributed by atoms with E-state index in [0.717, 1.165) is 5.75 Å². The van der Waals surface area contributed by atoms with Gasteiger partial charge >= 0.3 is 5.97 Å². The van der Waals surface area contributed by atoms with E-state index in [4.69, 9.17) is 9.47 Å². The van der Waals surface area contributed by atoms with E-state index in [1.165, 1.54) is 10.7 Å². The van der Waals surface area contributed by atoms with E-state index in [-0.39, 0.29) is 23.4 Å². The third-order valence-electron chi connectivity index (χ3n) is 4.04. The molecule has 26 heavy (non-hydrogen) atoms. The van der Waals surface area contributed by atoms with Gasteiger partial charge in [0.25, 0.3) is 5.56 Å². The summed E-state index contributed by atoms with van der Waals surface area (Å²) in [6.07, 6.45) is 2.68. The van der Waals surface area contributed by atoms with Crippen LogP contribution in [0.15, 0.2) is 41.3 Å². The van der Waals surface area contributed by atoms with Gasteiger partial charge in [-0.25, -0.2) is 14.3 Å². The minimum atomic E-state index is -0.499. The third kappa shape index (κ3) is 3.61. The molecule has 0 aliphatic rings. The van der Waals surface area contributed by atoms with Crippen molar-refractivity contribution in [1.29, 1.82) is 0 Å². The summed E-state index contributed by atoms with van der Waals surface area (Å²) in [5.41, 5.74) is 1.56. The first kappa shape index (κ1) is 17.7. The molecular weight excluding hydrogens is 334 g/mol. The molecule has 7 heteroatoms. The third-order valence-corrected chi connectivity index (χ3v) is 4.04. The predicted molar refractivity (Wildman–Crippen MR) is 96.8 cm³/mol. The molecule has 0 aliphatic heterocycles. The van der Waals surface area contributed by atoms with Crippen LogP contribution in [0.2, 0.25) is 0 Å². The molecule has 0 amide bonds. The predicted octanol–water partition coefficient (Wildman–Crippen LogP) is 2.52. The molecule has 1 N–H and O–H groups in total. The highest BCUT2D eigenvalue weighted by Gasteiger charge is 2.18. The Balaban J connectivity index is 1.75. The highest BCUT2D eigenvalue weighted by atomic mass is 16.5. The van der Waals surface area contributed by atoms with Crippen LogP contribution < -0.4 is 10.3 Å². The molecule has 0 atom stereocenters. The van der Waals surface area contributed by atoms with E-state index in [1.807, 2.05) is 30.3 Å². The number of nitrogens with one attached hydrogen (secondary N) is 1. The number of carbonyl (C=O) groups excluding carboxylic acids is 1. The van der Waals surface area contributed by atoms with E-state index >= 15 is 0 Å². The lowest BCUT2D eigenvalue weighted by molar-refractivity contribution is 0.0528. The number of rotatable bonds is 7. The topological polar surface area (TPSA) is 85.7 Å². The monoisotopic (exact) mass is 355 g/mol. The number of aryl methyl sites for hydroxylation is 1. The number of esters is 1. The molecule has 0 saturated heterocycles. The first-order valence-corrected chi connectivity index (χ1v) is 8.56. The molecule has 136 valence electrons. The Morgan fingerprint density at radius 2 is 2.04 bits per heavy atom. The second kappa shape index (κ2) is 7.86. The maximum absolute atomic E-state index is 12.7. The lowest BCUT2D eigenvalue weighted by Gasteiger charge is -2.08. The maximum atomic E-state index is 12.7. The zero-order valence-corrected chi connectivity index (χ0v) is 14.8. The molecule has 2 aromatic heterocycles. The standard InChI is InChI=1S/C19H21N3O4/c1-3-25-19(24)16-12-20-22-17(16)21-13(2)15(18(22)23)10-7-11-26-14-8-5-4-6-9-14/h4-6,8-9,12,20H,3,7,10-11H2,1-2H3. The first-order chi connectivity index (χ1) is 12.6. The number of benzene rings is 1. The molecule has 0 aliphatic carbocycles. The summed E-state index contributed by atoms with van der Waals surface area (Å²) < 4.78 is 11.9. The van der Waals surface area contributed by atoms with Crippen LogP contribution in [0.1, 0.15) is 35.0 Å². The van der Waals surface area contributed by atoms with Crippen LogP contribution in [0.5, 0.6) is 5.75 Å². The maximum Gasteiger partial charge on any atom is 0.343 e. The summed E-state index contributed by atoms with van der Waals surface area (Å²) in [6.45, 7) is 4.27. The zero-order chi connectivity index (χ0) is 18.5. The van der Waals surface area contributed by atoms with Crippen LogP contribution >= 0.6 is 0 Å². The molecule has 3 aromatic rings. The molecule has 7 nitrogen and oxygen atoms in total. The number of fused-ring (bicyclic) bond motifs is 1. The van der Waals surface area contributed by atoms with Crippen LogP contribution in [0.25, 0.3) is 5.65 Å². The van der Waals surface area contributed by atoms with Crippen LogP contribution in [0.4, 0.5) is 0 Å². The van der Waals surface area contributed by atoms with Crippen LogP contribution in [-0.2, 0) is 11.2 Å². The molecule has 2 heterocycles. The highest BCUT2D eigenvalue weighted by Crippen LogP contribution is 2.13. The number of para-hydroxylation sites is 1. The number of aromatic amines is 1. The van der Waals surface area contributed by atoms with Gasteiger partial charge in [-0.3, -0.25) is 9.89 Å². The zero-order valence-electron chi connectivity index (χ0n) is 14.8. The van der Waals surface area contributed by atoms with Crippen molar-refractivity contribution >= 4 is 11.6 Å². The summed E-state index contributed by atoms with van der Waals surface area (Å²) in [7, 11) is 0. The first-order valence-electron chi connectivity index (χ1n) is 8.56. The Morgan fingerprint density at radius 1 is 1.27 bits per heavy atom. The molecule has 0 fully saturated rings. The van der Waals surface area contributed by atoms with Gasteiger partial charge in [0.1, 0.15) is 11.3 Å². The Morgan fingerprint density at radius 3 is 2.77 bits per heavy atom. The SMILES string of the molecule is CCOC(=O)c1c[nH]n2c(=O)c(CCCOc3ccccc3)c(C)nc12. The second-order valence-corrected chi connectivity index (χ2v) is 5.81. The van der Waals surface area contributed by atoms with Crippen molar-refractivity contribution in [3.63, 3.8) is 0 Å². The van der Waals surface area contributed by atoms with Crippen molar-refractivity contribution in [3.05, 3.63) is 63.7 Å². The van der Waals surface area contributed by atoms with Gasteiger partial charge in [-0.15, -0.1) is 0 Å². The normalized spacial score (nSPS) is 10.8. The van der Waals surface area contributed by atoms with Crippen LogP contribution in [0.3, 0.4) is 0 Å². The highest BCUT2D eigenvalue weighted by molar-refractivity contribution is 5.95. The largest absolute Gasteiger partial charge is 0.494 e. The number of nitrogens with zero attached hydrogens (tertiary/aromatic N) is 2. The van der Waals surface area contributed by atoms with Crippen molar-refractivity contribution in [2.24, 2.45) is 0 Å². The minimum absolute atomic E-state index is 0.206. The second-order valence-electron chi connectivity index (χ2n) is 5.81. The molecule has 3 rings (SSSR count). The quantitative estimate of drug-likeness (QED) is 0.520. The van der Waals surface area contributed by atoms with Crippen molar-refractivity contribution in [3.8, 4) is 5.75 Å². The summed E-state index contributed by atoms with van der Waals surface area (Å²) in [5.74, 6) is 0.305. The van der Waals surface area contributed by atoms with Gasteiger partial charge in [0.2, 0.25) is 0 Å². The average Bonchev–Trinajstić information content (AvgIpc) is 3.06. The molecule has 0 saturated carbocycles. The Labute approximate surface area is 150 Å². The fourth-order valence-corrected chi connectivity index (χ4v) is 2.76. The van der Waals surface area contributed by atoms with Crippen molar-refractivity contribution in [2.75, 3.05) is 13.2 Å². The Hall–Kier alpha value is -3.09. The number of carbonyl (C=O) groups is 1. The van der Waals surface area contributed by atoms with Crippen molar-refractivity contribution in [1.82, 2.24) is 14.6 Å². The molecular formula is C19H21N3O4.